The van der Waals surface area contributed by atoms with Crippen LogP contribution >= 0.6 is 0 Å². The first kappa shape index (κ1) is 18.4. The molecule has 1 saturated heterocycles. The maximum absolute atomic E-state index is 13.4. The number of halogens is 1. The Kier molecular flexibility index (Phi) is 5.22. The number of hydrogen-bond acceptors (Lipinski definition) is 3. The van der Waals surface area contributed by atoms with E-state index in [0.29, 0.717) is 6.61 Å². The first-order valence-electron chi connectivity index (χ1n) is 9.50. The Morgan fingerprint density at radius 2 is 1.46 bits per heavy atom. The fourth-order valence-corrected chi connectivity index (χ4v) is 3.87. The summed E-state index contributed by atoms with van der Waals surface area (Å²) >= 11 is 0. The Hall–Kier alpha value is -2.98. The van der Waals surface area contributed by atoms with E-state index in [1.165, 1.54) is 12.1 Å². The second-order valence-electron chi connectivity index (χ2n) is 6.86. The standard InChI is InChI=1S/C24H22FNO2/c1-2-28-24(27)23-22(19-13-15-20(25)16-14-19)26(23)21(17-9-5-3-6-10-17)18-11-7-4-8-12-18/h3-16,21-23H,2H2,1H3/t22-,23-,26?/m1/s1. The fourth-order valence-electron chi connectivity index (χ4n) is 3.87. The molecule has 0 bridgehead atoms. The largest absolute Gasteiger partial charge is 0.465 e. The molecule has 0 spiro atoms. The third kappa shape index (κ3) is 3.56. The molecule has 28 heavy (non-hydrogen) atoms. The van der Waals surface area contributed by atoms with Gasteiger partial charge in [0.05, 0.1) is 18.7 Å². The number of benzene rings is 3. The van der Waals surface area contributed by atoms with Gasteiger partial charge in [-0.05, 0) is 35.7 Å². The van der Waals surface area contributed by atoms with Gasteiger partial charge < -0.3 is 4.74 Å². The van der Waals surface area contributed by atoms with Crippen LogP contribution in [0.2, 0.25) is 0 Å². The summed E-state index contributed by atoms with van der Waals surface area (Å²) in [6, 6.07) is 26.0. The van der Waals surface area contributed by atoms with Crippen LogP contribution in [-0.2, 0) is 9.53 Å². The molecule has 1 aliphatic rings. The molecule has 3 nitrogen and oxygen atoms in total. The van der Waals surface area contributed by atoms with Crippen molar-refractivity contribution in [3.8, 4) is 0 Å². The molecule has 1 unspecified atom stereocenters. The molecule has 3 aromatic carbocycles. The zero-order valence-electron chi connectivity index (χ0n) is 15.7. The molecule has 4 rings (SSSR count). The Morgan fingerprint density at radius 3 is 1.96 bits per heavy atom. The van der Waals surface area contributed by atoms with Crippen molar-refractivity contribution in [1.29, 1.82) is 0 Å². The lowest BCUT2D eigenvalue weighted by Gasteiger charge is -2.21. The molecule has 142 valence electrons. The number of rotatable bonds is 6. The molecule has 0 aliphatic carbocycles. The van der Waals surface area contributed by atoms with E-state index >= 15 is 0 Å². The normalized spacial score (nSPS) is 20.8. The van der Waals surface area contributed by atoms with E-state index in [1.807, 2.05) is 43.3 Å². The summed E-state index contributed by atoms with van der Waals surface area (Å²) in [5.74, 6) is -0.528. The molecule has 0 saturated carbocycles. The van der Waals surface area contributed by atoms with Crippen LogP contribution in [0.15, 0.2) is 84.9 Å². The third-order valence-corrected chi connectivity index (χ3v) is 5.12. The monoisotopic (exact) mass is 375 g/mol. The highest BCUT2D eigenvalue weighted by atomic mass is 19.1. The average molecular weight is 375 g/mol. The van der Waals surface area contributed by atoms with E-state index in [0.717, 1.165) is 16.7 Å². The van der Waals surface area contributed by atoms with E-state index < -0.39 is 6.04 Å². The van der Waals surface area contributed by atoms with Crippen LogP contribution in [0.25, 0.3) is 0 Å². The van der Waals surface area contributed by atoms with Crippen molar-refractivity contribution >= 4 is 5.97 Å². The predicted molar refractivity (Wildman–Crippen MR) is 106 cm³/mol. The quantitative estimate of drug-likeness (QED) is 0.453. The van der Waals surface area contributed by atoms with Gasteiger partial charge >= 0.3 is 5.97 Å². The van der Waals surface area contributed by atoms with E-state index in [-0.39, 0.29) is 23.9 Å². The van der Waals surface area contributed by atoms with Crippen LogP contribution in [0, 0.1) is 5.82 Å². The Balaban J connectivity index is 1.76. The summed E-state index contributed by atoms with van der Waals surface area (Å²) in [4.78, 5) is 14.8. The molecule has 0 amide bonds. The van der Waals surface area contributed by atoms with Crippen LogP contribution in [0.4, 0.5) is 4.39 Å². The van der Waals surface area contributed by atoms with Gasteiger partial charge in [0.1, 0.15) is 11.9 Å². The molecule has 0 radical (unpaired) electrons. The van der Waals surface area contributed by atoms with Crippen LogP contribution in [-0.4, -0.2) is 23.5 Å². The number of ether oxygens (including phenoxy) is 1. The average Bonchev–Trinajstić information content (AvgIpc) is 3.46. The fraction of sp³-hybridized carbons (Fsp3) is 0.208. The second kappa shape index (κ2) is 7.95. The molecule has 3 atom stereocenters. The van der Waals surface area contributed by atoms with Crippen LogP contribution in [0.3, 0.4) is 0 Å². The van der Waals surface area contributed by atoms with Crippen molar-refractivity contribution in [2.24, 2.45) is 0 Å². The lowest BCUT2D eigenvalue weighted by Crippen LogP contribution is -2.20. The number of carbonyl (C=O) groups is 1. The maximum Gasteiger partial charge on any atom is 0.325 e. The number of carbonyl (C=O) groups excluding carboxylic acids is 1. The molecule has 1 fully saturated rings. The Labute approximate surface area is 164 Å². The van der Waals surface area contributed by atoms with Gasteiger partial charge in [-0.25, -0.2) is 4.39 Å². The molecule has 0 N–H and O–H groups in total. The molecule has 1 heterocycles. The lowest BCUT2D eigenvalue weighted by molar-refractivity contribution is -0.143. The van der Waals surface area contributed by atoms with Gasteiger partial charge in [0.2, 0.25) is 0 Å². The Bertz CT molecular complexity index is 888. The SMILES string of the molecule is CCOC(=O)[C@H]1[C@@H](c2ccc(F)cc2)N1C(c1ccccc1)c1ccccc1. The summed E-state index contributed by atoms with van der Waals surface area (Å²) in [6.07, 6.45) is 0. The highest BCUT2D eigenvalue weighted by molar-refractivity contribution is 5.81. The van der Waals surface area contributed by atoms with Gasteiger partial charge in [0.25, 0.3) is 0 Å². The molecule has 4 heteroatoms. The van der Waals surface area contributed by atoms with Crippen LogP contribution in [0.5, 0.6) is 0 Å². The zero-order valence-corrected chi connectivity index (χ0v) is 15.7. The summed E-state index contributed by atoms with van der Waals surface area (Å²) in [6.45, 7) is 2.14. The minimum atomic E-state index is -0.393. The van der Waals surface area contributed by atoms with Crippen molar-refractivity contribution in [3.63, 3.8) is 0 Å². The topological polar surface area (TPSA) is 29.3 Å². The Morgan fingerprint density at radius 1 is 0.929 bits per heavy atom. The van der Waals surface area contributed by atoms with E-state index in [4.69, 9.17) is 4.74 Å². The summed E-state index contributed by atoms with van der Waals surface area (Å²) < 4.78 is 18.8. The van der Waals surface area contributed by atoms with Crippen molar-refractivity contribution < 1.29 is 13.9 Å². The van der Waals surface area contributed by atoms with E-state index in [2.05, 4.69) is 29.2 Å². The van der Waals surface area contributed by atoms with Crippen LogP contribution in [0.1, 0.15) is 35.7 Å². The maximum atomic E-state index is 13.4. The summed E-state index contributed by atoms with van der Waals surface area (Å²) in [5, 5.41) is 0. The smallest absolute Gasteiger partial charge is 0.325 e. The minimum absolute atomic E-state index is 0.0909. The van der Waals surface area contributed by atoms with Crippen molar-refractivity contribution in [2.75, 3.05) is 6.61 Å². The van der Waals surface area contributed by atoms with Gasteiger partial charge in [0.15, 0.2) is 0 Å². The third-order valence-electron chi connectivity index (χ3n) is 5.12. The molecular weight excluding hydrogens is 353 g/mol. The molecule has 1 aliphatic heterocycles. The number of hydrogen-bond donors (Lipinski definition) is 0. The highest BCUT2D eigenvalue weighted by Gasteiger charge is 2.57. The van der Waals surface area contributed by atoms with Crippen molar-refractivity contribution in [1.82, 2.24) is 4.90 Å². The van der Waals surface area contributed by atoms with Gasteiger partial charge in [-0.15, -0.1) is 0 Å². The van der Waals surface area contributed by atoms with Gasteiger partial charge in [0, 0.05) is 0 Å². The summed E-state index contributed by atoms with van der Waals surface area (Å²) in [5.41, 5.74) is 3.12. The van der Waals surface area contributed by atoms with Gasteiger partial charge in [-0.3, -0.25) is 9.69 Å². The van der Waals surface area contributed by atoms with Crippen molar-refractivity contribution in [3.05, 3.63) is 107 Å². The molecule has 3 aromatic rings. The van der Waals surface area contributed by atoms with Crippen molar-refractivity contribution in [2.45, 2.75) is 25.0 Å². The summed E-state index contributed by atoms with van der Waals surface area (Å²) in [7, 11) is 0. The van der Waals surface area contributed by atoms with E-state index in [9.17, 15) is 9.18 Å². The first-order valence-corrected chi connectivity index (χ1v) is 9.50. The predicted octanol–water partition coefficient (Wildman–Crippen LogP) is 4.90. The molecule has 0 aromatic heterocycles. The minimum Gasteiger partial charge on any atom is -0.465 e. The highest BCUT2D eigenvalue weighted by Crippen LogP contribution is 2.52. The second-order valence-corrected chi connectivity index (χ2v) is 6.86. The van der Waals surface area contributed by atoms with Crippen LogP contribution < -0.4 is 0 Å². The number of esters is 1. The number of nitrogens with zero attached hydrogens (tertiary/aromatic N) is 1. The lowest BCUT2D eigenvalue weighted by atomic mass is 9.98. The van der Waals surface area contributed by atoms with Gasteiger partial charge in [-0.1, -0.05) is 72.8 Å². The first-order chi connectivity index (χ1) is 13.7. The van der Waals surface area contributed by atoms with Gasteiger partial charge in [-0.2, -0.15) is 0 Å². The molecular formula is C24H22FNO2. The van der Waals surface area contributed by atoms with E-state index in [1.54, 1.807) is 12.1 Å². The zero-order chi connectivity index (χ0) is 19.5.